The second-order valence-electron chi connectivity index (χ2n) is 11.8. The smallest absolute Gasteiger partial charge is 0.161 e. The van der Waals surface area contributed by atoms with Gasteiger partial charge < -0.3 is 9.47 Å². The Morgan fingerprint density at radius 1 is 0.410 bits per heavy atom. The Labute approximate surface area is 246 Å². The molecule has 1 heterocycles. The summed E-state index contributed by atoms with van der Waals surface area (Å²) in [5, 5.41) is 6.94. The van der Waals surface area contributed by atoms with Crippen LogP contribution in [0.25, 0.3) is 10.8 Å². The summed E-state index contributed by atoms with van der Waals surface area (Å²) in [5.74, 6) is 1.86. The summed E-state index contributed by atoms with van der Waals surface area (Å²) in [6.07, 6.45) is 32.9. The van der Waals surface area contributed by atoms with E-state index in [0.29, 0.717) is 0 Å². The number of rotatable bonds is 28. The zero-order chi connectivity index (χ0) is 27.6. The highest BCUT2D eigenvalue weighted by atomic mass is 32.1. The van der Waals surface area contributed by atoms with E-state index in [9.17, 15) is 0 Å². The molecule has 2 aromatic rings. The molecule has 2 nitrogen and oxygen atoms in total. The van der Waals surface area contributed by atoms with E-state index in [4.69, 9.17) is 9.47 Å². The van der Waals surface area contributed by atoms with Gasteiger partial charge in [0.05, 0.1) is 13.2 Å². The lowest BCUT2D eigenvalue weighted by Crippen LogP contribution is -2.03. The third-order valence-corrected chi connectivity index (χ3v) is 8.83. The van der Waals surface area contributed by atoms with Gasteiger partial charge in [-0.1, -0.05) is 155 Å². The highest BCUT2D eigenvalue weighted by Crippen LogP contribution is 2.34. The number of unbranched alkanes of at least 4 members (excludes halogenated alkanes) is 22. The molecule has 39 heavy (non-hydrogen) atoms. The van der Waals surface area contributed by atoms with Gasteiger partial charge in [0, 0.05) is 0 Å². The Balaban J connectivity index is 1.48. The summed E-state index contributed by atoms with van der Waals surface area (Å²) in [6, 6.07) is 4.36. The molecule has 0 N–H and O–H groups in total. The number of benzene rings is 1. The summed E-state index contributed by atoms with van der Waals surface area (Å²) >= 11 is 1.75. The molecule has 0 radical (unpaired) electrons. The molecular formula is C36H62O2S. The Kier molecular flexibility index (Phi) is 21.4. The molecule has 0 aliphatic carbocycles. The molecule has 0 aliphatic rings. The Morgan fingerprint density at radius 3 is 1.00 bits per heavy atom. The number of fused-ring (bicyclic) bond motifs is 1. The minimum atomic E-state index is 0.792. The van der Waals surface area contributed by atoms with Crippen LogP contribution < -0.4 is 9.47 Å². The van der Waals surface area contributed by atoms with Crippen molar-refractivity contribution in [2.24, 2.45) is 0 Å². The average Bonchev–Trinajstić information content (AvgIpc) is 3.41. The largest absolute Gasteiger partial charge is 0.490 e. The van der Waals surface area contributed by atoms with E-state index >= 15 is 0 Å². The zero-order valence-corrected chi connectivity index (χ0v) is 26.7. The van der Waals surface area contributed by atoms with Crippen molar-refractivity contribution in [1.29, 1.82) is 0 Å². The van der Waals surface area contributed by atoms with Gasteiger partial charge in [-0.05, 0) is 46.5 Å². The van der Waals surface area contributed by atoms with Gasteiger partial charge in [0.15, 0.2) is 11.5 Å². The number of ether oxygens (including phenoxy) is 2. The third-order valence-electron chi connectivity index (χ3n) is 8.05. The lowest BCUT2D eigenvalue weighted by atomic mass is 10.0. The quantitative estimate of drug-likeness (QED) is 0.0967. The molecule has 0 aliphatic heterocycles. The van der Waals surface area contributed by atoms with Crippen LogP contribution >= 0.6 is 11.3 Å². The molecule has 0 unspecified atom stereocenters. The molecule has 0 saturated carbocycles. The van der Waals surface area contributed by atoms with Crippen LogP contribution in [0.3, 0.4) is 0 Å². The van der Waals surface area contributed by atoms with Crippen LogP contribution in [-0.2, 0) is 0 Å². The van der Waals surface area contributed by atoms with E-state index in [-0.39, 0.29) is 0 Å². The van der Waals surface area contributed by atoms with Crippen LogP contribution in [0, 0.1) is 0 Å². The fraction of sp³-hybridized carbons (Fsp3) is 0.778. The maximum atomic E-state index is 6.25. The summed E-state index contributed by atoms with van der Waals surface area (Å²) in [7, 11) is 0. The molecule has 224 valence electrons. The third kappa shape index (κ3) is 17.3. The van der Waals surface area contributed by atoms with Crippen LogP contribution in [0.5, 0.6) is 11.5 Å². The predicted molar refractivity (Wildman–Crippen MR) is 175 cm³/mol. The topological polar surface area (TPSA) is 18.5 Å². The van der Waals surface area contributed by atoms with Crippen molar-refractivity contribution in [3.63, 3.8) is 0 Å². The van der Waals surface area contributed by atoms with Gasteiger partial charge in [0.25, 0.3) is 0 Å². The molecule has 1 aromatic carbocycles. The maximum Gasteiger partial charge on any atom is 0.161 e. The zero-order valence-electron chi connectivity index (χ0n) is 25.9. The van der Waals surface area contributed by atoms with Crippen LogP contribution in [0.4, 0.5) is 0 Å². The first kappa shape index (κ1) is 34.0. The summed E-state index contributed by atoms with van der Waals surface area (Å²) in [6.45, 7) is 6.16. The van der Waals surface area contributed by atoms with Gasteiger partial charge in [-0.25, -0.2) is 0 Å². The van der Waals surface area contributed by atoms with Gasteiger partial charge in [0.2, 0.25) is 0 Å². The maximum absolute atomic E-state index is 6.25. The Bertz CT molecular complexity index is 798. The van der Waals surface area contributed by atoms with Gasteiger partial charge in [-0.2, -0.15) is 11.3 Å². The van der Waals surface area contributed by atoms with Crippen molar-refractivity contribution in [3.8, 4) is 11.5 Å². The predicted octanol–water partition coefficient (Wildman–Crippen LogP) is 13.1. The highest BCUT2D eigenvalue weighted by molar-refractivity contribution is 7.09. The van der Waals surface area contributed by atoms with E-state index in [2.05, 4.69) is 36.7 Å². The fourth-order valence-corrected chi connectivity index (χ4v) is 6.22. The standard InChI is InChI=1S/C36H62O2S/c1-3-5-7-9-11-13-14-15-16-17-18-19-20-22-24-26-28-38-36-30-34-32-39-31-33(34)29-35(36)37-27-25-23-21-12-10-8-6-4-2/h29-32H,3-28H2,1-2H3. The SMILES string of the molecule is CCCCCCCCCCCCCCCCCCOc1cc2cscc2cc1OCCCCCCCCCC. The monoisotopic (exact) mass is 558 g/mol. The molecule has 2 rings (SSSR count). The van der Waals surface area contributed by atoms with E-state index in [0.717, 1.165) is 37.6 Å². The van der Waals surface area contributed by atoms with Crippen molar-refractivity contribution < 1.29 is 9.47 Å². The van der Waals surface area contributed by atoms with E-state index < -0.39 is 0 Å². The first-order valence-electron chi connectivity index (χ1n) is 17.1. The van der Waals surface area contributed by atoms with E-state index in [1.165, 1.54) is 152 Å². The number of hydrogen-bond donors (Lipinski definition) is 0. The van der Waals surface area contributed by atoms with Crippen molar-refractivity contribution in [2.45, 2.75) is 168 Å². The molecule has 0 bridgehead atoms. The number of thiophene rings is 1. The molecule has 0 amide bonds. The highest BCUT2D eigenvalue weighted by Gasteiger charge is 2.09. The van der Waals surface area contributed by atoms with Crippen LogP contribution in [0.15, 0.2) is 22.9 Å². The Morgan fingerprint density at radius 2 is 0.692 bits per heavy atom. The minimum Gasteiger partial charge on any atom is -0.490 e. The lowest BCUT2D eigenvalue weighted by Gasteiger charge is -2.13. The first-order valence-corrected chi connectivity index (χ1v) is 18.0. The molecule has 0 spiro atoms. The molecular weight excluding hydrogens is 496 g/mol. The van der Waals surface area contributed by atoms with Gasteiger partial charge in [0.1, 0.15) is 0 Å². The van der Waals surface area contributed by atoms with Crippen molar-refractivity contribution in [2.75, 3.05) is 13.2 Å². The first-order chi connectivity index (χ1) is 19.3. The summed E-state index contributed by atoms with van der Waals surface area (Å²) in [5.41, 5.74) is 0. The average molecular weight is 559 g/mol. The molecule has 0 atom stereocenters. The van der Waals surface area contributed by atoms with Crippen molar-refractivity contribution >= 4 is 22.1 Å². The van der Waals surface area contributed by atoms with Crippen LogP contribution in [-0.4, -0.2) is 13.2 Å². The summed E-state index contributed by atoms with van der Waals surface area (Å²) in [4.78, 5) is 0. The van der Waals surface area contributed by atoms with E-state index in [1.807, 2.05) is 0 Å². The lowest BCUT2D eigenvalue weighted by molar-refractivity contribution is 0.259. The van der Waals surface area contributed by atoms with E-state index in [1.54, 1.807) is 11.3 Å². The van der Waals surface area contributed by atoms with Gasteiger partial charge in [-0.15, -0.1) is 0 Å². The minimum absolute atomic E-state index is 0.792. The molecule has 3 heteroatoms. The molecule has 0 fully saturated rings. The normalized spacial score (nSPS) is 11.4. The molecule has 0 saturated heterocycles. The Hall–Kier alpha value is -1.22. The summed E-state index contributed by atoms with van der Waals surface area (Å²) < 4.78 is 12.5. The second kappa shape index (κ2) is 24.6. The van der Waals surface area contributed by atoms with Gasteiger partial charge >= 0.3 is 0 Å². The number of hydrogen-bond acceptors (Lipinski definition) is 3. The fourth-order valence-electron chi connectivity index (χ4n) is 5.45. The second-order valence-corrected chi connectivity index (χ2v) is 12.5. The molecule has 1 aromatic heterocycles. The van der Waals surface area contributed by atoms with Crippen LogP contribution in [0.2, 0.25) is 0 Å². The van der Waals surface area contributed by atoms with Gasteiger partial charge in [-0.3, -0.25) is 0 Å². The van der Waals surface area contributed by atoms with Crippen LogP contribution in [0.1, 0.15) is 168 Å². The van der Waals surface area contributed by atoms with Crippen molar-refractivity contribution in [1.82, 2.24) is 0 Å². The van der Waals surface area contributed by atoms with Crippen molar-refractivity contribution in [3.05, 3.63) is 22.9 Å².